The van der Waals surface area contributed by atoms with Crippen LogP contribution in [0.2, 0.25) is 5.02 Å². The van der Waals surface area contributed by atoms with E-state index in [1.165, 1.54) is 6.07 Å². The average molecular weight is 321 g/mol. The summed E-state index contributed by atoms with van der Waals surface area (Å²) in [6.45, 7) is 1.72. The van der Waals surface area contributed by atoms with Crippen LogP contribution in [0.1, 0.15) is 5.56 Å². The highest BCUT2D eigenvalue weighted by Crippen LogP contribution is 2.26. The smallest absolute Gasteiger partial charge is 0.262 e. The molecule has 3 rings (SSSR count). The molecule has 0 unspecified atom stereocenters. The highest BCUT2D eigenvalue weighted by atomic mass is 35.5. The van der Waals surface area contributed by atoms with Crippen LogP contribution in [0.4, 0.5) is 5.69 Å². The number of aromatic nitrogens is 1. The van der Waals surface area contributed by atoms with Gasteiger partial charge in [-0.25, -0.2) is 8.42 Å². The predicted molar refractivity (Wildman–Crippen MR) is 85.3 cm³/mol. The van der Waals surface area contributed by atoms with Crippen LogP contribution in [-0.2, 0) is 10.0 Å². The Morgan fingerprint density at radius 3 is 2.71 bits per heavy atom. The van der Waals surface area contributed by atoms with Gasteiger partial charge in [0, 0.05) is 22.1 Å². The lowest BCUT2D eigenvalue weighted by molar-refractivity contribution is 0.600. The molecule has 4 nitrogen and oxygen atoms in total. The van der Waals surface area contributed by atoms with Crippen molar-refractivity contribution in [3.8, 4) is 0 Å². The van der Waals surface area contributed by atoms with Crippen LogP contribution in [0, 0.1) is 6.92 Å². The minimum absolute atomic E-state index is 0.222. The summed E-state index contributed by atoms with van der Waals surface area (Å²) in [5.41, 5.74) is 2.03. The van der Waals surface area contributed by atoms with Gasteiger partial charge in [0.1, 0.15) is 0 Å². The maximum atomic E-state index is 12.5. The largest absolute Gasteiger partial charge is 0.361 e. The summed E-state index contributed by atoms with van der Waals surface area (Å²) in [6, 6.07) is 12.0. The lowest BCUT2D eigenvalue weighted by atomic mass is 10.2. The fraction of sp³-hybridized carbons (Fsp3) is 0.0667. The quantitative estimate of drug-likeness (QED) is 0.768. The number of benzene rings is 2. The molecule has 2 aromatic carbocycles. The molecule has 0 aliphatic carbocycles. The van der Waals surface area contributed by atoms with Crippen LogP contribution in [-0.4, -0.2) is 13.4 Å². The van der Waals surface area contributed by atoms with Gasteiger partial charge in [-0.05, 0) is 48.9 Å². The van der Waals surface area contributed by atoms with Crippen LogP contribution >= 0.6 is 11.6 Å². The number of aromatic amines is 1. The average Bonchev–Trinajstić information content (AvgIpc) is 2.87. The first-order valence-corrected chi connectivity index (χ1v) is 8.18. The van der Waals surface area contributed by atoms with E-state index in [4.69, 9.17) is 11.6 Å². The minimum Gasteiger partial charge on any atom is -0.361 e. The molecule has 0 aliphatic heterocycles. The SMILES string of the molecule is Cc1cc(Cl)ccc1S(=O)(=O)Nc1cccc2[nH]ccc12. The number of anilines is 1. The van der Waals surface area contributed by atoms with Crippen LogP contribution in [0.3, 0.4) is 0 Å². The zero-order valence-corrected chi connectivity index (χ0v) is 12.8. The fourth-order valence-corrected chi connectivity index (χ4v) is 3.82. The lowest BCUT2D eigenvalue weighted by Crippen LogP contribution is -2.14. The Bertz CT molecular complexity index is 916. The molecule has 0 saturated heterocycles. The number of hydrogen-bond donors (Lipinski definition) is 2. The summed E-state index contributed by atoms with van der Waals surface area (Å²) in [5.74, 6) is 0. The maximum absolute atomic E-state index is 12.5. The Morgan fingerprint density at radius 2 is 1.95 bits per heavy atom. The standard InChI is InChI=1S/C15H13ClN2O2S/c1-10-9-11(16)5-6-15(10)21(19,20)18-14-4-2-3-13-12(14)7-8-17-13/h2-9,17-18H,1H3. The van der Waals surface area contributed by atoms with Crippen molar-refractivity contribution in [3.63, 3.8) is 0 Å². The van der Waals surface area contributed by atoms with Crippen molar-refractivity contribution in [2.45, 2.75) is 11.8 Å². The van der Waals surface area contributed by atoms with Gasteiger partial charge < -0.3 is 4.98 Å². The van der Waals surface area contributed by atoms with Crippen LogP contribution in [0.5, 0.6) is 0 Å². The summed E-state index contributed by atoms with van der Waals surface area (Å²) in [6.07, 6.45) is 1.77. The molecular weight excluding hydrogens is 308 g/mol. The number of hydrogen-bond acceptors (Lipinski definition) is 2. The monoisotopic (exact) mass is 320 g/mol. The second-order valence-corrected chi connectivity index (χ2v) is 6.85. The number of nitrogens with one attached hydrogen (secondary N) is 2. The second kappa shape index (κ2) is 5.09. The first kappa shape index (κ1) is 14.0. The van der Waals surface area contributed by atoms with Gasteiger partial charge in [-0.15, -0.1) is 0 Å². The van der Waals surface area contributed by atoms with Gasteiger partial charge in [0.15, 0.2) is 0 Å². The molecule has 1 heterocycles. The first-order valence-electron chi connectivity index (χ1n) is 6.32. The van der Waals surface area contributed by atoms with E-state index < -0.39 is 10.0 Å². The number of rotatable bonds is 3. The van der Waals surface area contributed by atoms with E-state index in [-0.39, 0.29) is 4.90 Å². The van der Waals surface area contributed by atoms with E-state index in [0.29, 0.717) is 16.3 Å². The van der Waals surface area contributed by atoms with Crippen molar-refractivity contribution in [1.29, 1.82) is 0 Å². The molecule has 0 bridgehead atoms. The van der Waals surface area contributed by atoms with E-state index in [1.54, 1.807) is 37.4 Å². The zero-order chi connectivity index (χ0) is 15.0. The third-order valence-electron chi connectivity index (χ3n) is 3.27. The van der Waals surface area contributed by atoms with Crippen LogP contribution in [0.25, 0.3) is 10.9 Å². The van der Waals surface area contributed by atoms with Gasteiger partial charge in [-0.2, -0.15) is 0 Å². The second-order valence-electron chi connectivity index (χ2n) is 4.76. The van der Waals surface area contributed by atoms with E-state index in [9.17, 15) is 8.42 Å². The Morgan fingerprint density at radius 1 is 1.14 bits per heavy atom. The highest BCUT2D eigenvalue weighted by molar-refractivity contribution is 7.92. The molecule has 0 atom stereocenters. The molecule has 0 amide bonds. The maximum Gasteiger partial charge on any atom is 0.262 e. The van der Waals surface area contributed by atoms with Crippen molar-refractivity contribution in [2.24, 2.45) is 0 Å². The summed E-state index contributed by atoms with van der Waals surface area (Å²) < 4.78 is 27.7. The van der Waals surface area contributed by atoms with Crippen LogP contribution < -0.4 is 4.72 Å². The minimum atomic E-state index is -3.65. The van der Waals surface area contributed by atoms with Gasteiger partial charge in [0.2, 0.25) is 0 Å². The Balaban J connectivity index is 2.05. The molecule has 1 aromatic heterocycles. The molecule has 0 fully saturated rings. The van der Waals surface area contributed by atoms with E-state index in [2.05, 4.69) is 9.71 Å². The van der Waals surface area contributed by atoms with Crippen molar-refractivity contribution in [2.75, 3.05) is 4.72 Å². The summed E-state index contributed by atoms with van der Waals surface area (Å²) in [5, 5.41) is 1.34. The summed E-state index contributed by atoms with van der Waals surface area (Å²) >= 11 is 5.87. The van der Waals surface area contributed by atoms with Crippen molar-refractivity contribution in [3.05, 3.63) is 59.2 Å². The van der Waals surface area contributed by atoms with Gasteiger partial charge in [-0.3, -0.25) is 4.72 Å². The van der Waals surface area contributed by atoms with Crippen LogP contribution in [0.15, 0.2) is 53.6 Å². The fourth-order valence-electron chi connectivity index (χ4n) is 2.29. The van der Waals surface area contributed by atoms with Crippen molar-refractivity contribution < 1.29 is 8.42 Å². The van der Waals surface area contributed by atoms with E-state index in [0.717, 1.165) is 10.9 Å². The summed E-state index contributed by atoms with van der Waals surface area (Å²) in [4.78, 5) is 3.27. The molecule has 3 aromatic rings. The Labute approximate surface area is 127 Å². The van der Waals surface area contributed by atoms with E-state index in [1.807, 2.05) is 12.1 Å². The van der Waals surface area contributed by atoms with E-state index >= 15 is 0 Å². The van der Waals surface area contributed by atoms with Gasteiger partial charge >= 0.3 is 0 Å². The molecule has 0 saturated carbocycles. The molecule has 6 heteroatoms. The van der Waals surface area contributed by atoms with Crippen molar-refractivity contribution >= 4 is 38.2 Å². The number of fused-ring (bicyclic) bond motifs is 1. The molecular formula is C15H13ClN2O2S. The molecule has 0 spiro atoms. The number of H-pyrrole nitrogens is 1. The third kappa shape index (κ3) is 2.62. The Hall–Kier alpha value is -1.98. The Kier molecular flexibility index (Phi) is 3.39. The normalized spacial score (nSPS) is 11.7. The first-order chi connectivity index (χ1) is 9.97. The van der Waals surface area contributed by atoms with Gasteiger partial charge in [0.25, 0.3) is 10.0 Å². The summed E-state index contributed by atoms with van der Waals surface area (Å²) in [7, 11) is -3.65. The van der Waals surface area contributed by atoms with Gasteiger partial charge in [-0.1, -0.05) is 17.7 Å². The topological polar surface area (TPSA) is 62.0 Å². The van der Waals surface area contributed by atoms with Gasteiger partial charge in [0.05, 0.1) is 10.6 Å². The number of sulfonamides is 1. The number of halogens is 1. The molecule has 0 aliphatic rings. The third-order valence-corrected chi connectivity index (χ3v) is 5.03. The molecule has 108 valence electrons. The highest BCUT2D eigenvalue weighted by Gasteiger charge is 2.18. The lowest BCUT2D eigenvalue weighted by Gasteiger charge is -2.11. The molecule has 2 N–H and O–H groups in total. The zero-order valence-electron chi connectivity index (χ0n) is 11.2. The molecule has 0 radical (unpaired) electrons. The van der Waals surface area contributed by atoms with Crippen molar-refractivity contribution in [1.82, 2.24) is 4.98 Å². The molecule has 21 heavy (non-hydrogen) atoms. The predicted octanol–water partition coefficient (Wildman–Crippen LogP) is 3.93. The number of aryl methyl sites for hydroxylation is 1.